The first kappa shape index (κ1) is 15.6. The van der Waals surface area contributed by atoms with Crippen molar-refractivity contribution in [2.75, 3.05) is 20.3 Å². The second-order valence-corrected chi connectivity index (χ2v) is 3.66. The second-order valence-electron chi connectivity index (χ2n) is 3.66. The van der Waals surface area contributed by atoms with Gasteiger partial charge in [-0.25, -0.2) is 4.39 Å². The molecule has 2 aromatic rings. The maximum atomic E-state index is 13.5. The number of aromatic nitrogens is 2. The van der Waals surface area contributed by atoms with Crippen molar-refractivity contribution < 1.29 is 13.7 Å². The summed E-state index contributed by atoms with van der Waals surface area (Å²) < 4.78 is 23.4. The number of ether oxygens (including phenoxy) is 1. The number of nitrogens with zero attached hydrogens (tertiary/aromatic N) is 2. The third-order valence-electron chi connectivity index (χ3n) is 2.34. The normalized spacial score (nSPS) is 10.2. The van der Waals surface area contributed by atoms with Gasteiger partial charge in [-0.05, 0) is 12.1 Å². The molecule has 0 radical (unpaired) electrons. The van der Waals surface area contributed by atoms with Gasteiger partial charge in [-0.1, -0.05) is 17.3 Å². The van der Waals surface area contributed by atoms with Gasteiger partial charge in [0.05, 0.1) is 18.7 Å². The largest absolute Gasteiger partial charge is 0.383 e. The lowest BCUT2D eigenvalue weighted by atomic mass is 10.2. The highest BCUT2D eigenvalue weighted by molar-refractivity contribution is 5.85. The standard InChI is InChI=1S/C12H14FN3O2.ClH/c1-17-7-6-14-8-11-15-12(16-18-11)9-4-2-3-5-10(9)13;/h2-5,14H,6-8H2,1H3;1H. The van der Waals surface area contributed by atoms with Crippen LogP contribution in [0.3, 0.4) is 0 Å². The van der Waals surface area contributed by atoms with Crippen LogP contribution >= 0.6 is 12.4 Å². The first-order valence-electron chi connectivity index (χ1n) is 5.58. The lowest BCUT2D eigenvalue weighted by Crippen LogP contribution is -2.18. The van der Waals surface area contributed by atoms with E-state index in [4.69, 9.17) is 9.26 Å². The highest BCUT2D eigenvalue weighted by atomic mass is 35.5. The van der Waals surface area contributed by atoms with Crippen LogP contribution < -0.4 is 5.32 Å². The van der Waals surface area contributed by atoms with E-state index >= 15 is 0 Å². The fraction of sp³-hybridized carbons (Fsp3) is 0.333. The SMILES string of the molecule is COCCNCc1nc(-c2ccccc2F)no1.Cl. The molecule has 104 valence electrons. The molecule has 0 saturated heterocycles. The van der Waals surface area contributed by atoms with E-state index in [1.165, 1.54) is 6.07 Å². The minimum absolute atomic E-state index is 0. The number of hydrogen-bond donors (Lipinski definition) is 1. The van der Waals surface area contributed by atoms with Crippen molar-refractivity contribution in [2.45, 2.75) is 6.54 Å². The molecular weight excluding hydrogens is 273 g/mol. The molecule has 0 atom stereocenters. The summed E-state index contributed by atoms with van der Waals surface area (Å²) in [5, 5.41) is 6.82. The molecule has 0 aliphatic carbocycles. The number of benzene rings is 1. The minimum Gasteiger partial charge on any atom is -0.383 e. The van der Waals surface area contributed by atoms with Crippen molar-refractivity contribution in [2.24, 2.45) is 0 Å². The third-order valence-corrected chi connectivity index (χ3v) is 2.34. The van der Waals surface area contributed by atoms with Gasteiger partial charge in [-0.15, -0.1) is 12.4 Å². The molecular formula is C12H15ClFN3O2. The summed E-state index contributed by atoms with van der Waals surface area (Å²) in [6.07, 6.45) is 0. The van der Waals surface area contributed by atoms with E-state index in [9.17, 15) is 4.39 Å². The summed E-state index contributed by atoms with van der Waals surface area (Å²) in [6.45, 7) is 1.73. The van der Waals surface area contributed by atoms with Crippen LogP contribution in [-0.4, -0.2) is 30.4 Å². The van der Waals surface area contributed by atoms with E-state index in [1.54, 1.807) is 25.3 Å². The Kier molecular flexibility index (Phi) is 6.41. The fourth-order valence-corrected chi connectivity index (χ4v) is 1.45. The van der Waals surface area contributed by atoms with Crippen LogP contribution in [0.1, 0.15) is 5.89 Å². The van der Waals surface area contributed by atoms with Crippen molar-refractivity contribution in [3.63, 3.8) is 0 Å². The Morgan fingerprint density at radius 2 is 2.16 bits per heavy atom. The minimum atomic E-state index is -0.364. The number of hydrogen-bond acceptors (Lipinski definition) is 5. The molecule has 0 aliphatic heterocycles. The topological polar surface area (TPSA) is 60.2 Å². The smallest absolute Gasteiger partial charge is 0.240 e. The zero-order valence-corrected chi connectivity index (χ0v) is 11.2. The van der Waals surface area contributed by atoms with Crippen LogP contribution in [0.2, 0.25) is 0 Å². The zero-order chi connectivity index (χ0) is 12.8. The van der Waals surface area contributed by atoms with Crippen LogP contribution in [0.25, 0.3) is 11.4 Å². The van der Waals surface area contributed by atoms with Crippen molar-refractivity contribution in [3.05, 3.63) is 36.0 Å². The zero-order valence-electron chi connectivity index (χ0n) is 10.4. The van der Waals surface area contributed by atoms with Gasteiger partial charge < -0.3 is 14.6 Å². The van der Waals surface area contributed by atoms with Crippen LogP contribution in [-0.2, 0) is 11.3 Å². The van der Waals surface area contributed by atoms with Crippen molar-refractivity contribution in [3.8, 4) is 11.4 Å². The first-order valence-corrected chi connectivity index (χ1v) is 5.58. The Morgan fingerprint density at radius 3 is 2.89 bits per heavy atom. The Bertz CT molecular complexity index is 507. The van der Waals surface area contributed by atoms with E-state index in [2.05, 4.69) is 15.5 Å². The number of rotatable bonds is 6. The molecule has 0 aliphatic rings. The quantitative estimate of drug-likeness (QED) is 0.824. The van der Waals surface area contributed by atoms with E-state index in [0.717, 1.165) is 0 Å². The summed E-state index contributed by atoms with van der Waals surface area (Å²) in [6, 6.07) is 6.32. The molecule has 0 saturated carbocycles. The van der Waals surface area contributed by atoms with Gasteiger partial charge in [-0.2, -0.15) is 4.98 Å². The van der Waals surface area contributed by atoms with E-state index < -0.39 is 0 Å². The molecule has 19 heavy (non-hydrogen) atoms. The Morgan fingerprint density at radius 1 is 1.37 bits per heavy atom. The highest BCUT2D eigenvalue weighted by Gasteiger charge is 2.11. The van der Waals surface area contributed by atoms with E-state index in [-0.39, 0.29) is 24.0 Å². The average Bonchev–Trinajstić information content (AvgIpc) is 2.84. The van der Waals surface area contributed by atoms with Gasteiger partial charge in [0.15, 0.2) is 0 Å². The molecule has 1 aromatic carbocycles. The highest BCUT2D eigenvalue weighted by Crippen LogP contribution is 2.18. The fourth-order valence-electron chi connectivity index (χ4n) is 1.45. The molecule has 0 spiro atoms. The summed E-state index contributed by atoms with van der Waals surface area (Å²) in [5.41, 5.74) is 0.337. The molecule has 7 heteroatoms. The van der Waals surface area contributed by atoms with Crippen LogP contribution in [0.4, 0.5) is 4.39 Å². The van der Waals surface area contributed by atoms with Gasteiger partial charge in [0.25, 0.3) is 0 Å². The number of halogens is 2. The molecule has 1 aromatic heterocycles. The first-order chi connectivity index (χ1) is 8.81. The summed E-state index contributed by atoms with van der Waals surface area (Å²) >= 11 is 0. The number of nitrogens with one attached hydrogen (secondary N) is 1. The summed E-state index contributed by atoms with van der Waals surface area (Å²) in [4.78, 5) is 4.12. The van der Waals surface area contributed by atoms with Crippen molar-refractivity contribution in [1.82, 2.24) is 15.5 Å². The molecule has 0 bridgehead atoms. The Balaban J connectivity index is 0.00000180. The Hall–Kier alpha value is -1.50. The molecule has 5 nitrogen and oxygen atoms in total. The lowest BCUT2D eigenvalue weighted by molar-refractivity contribution is 0.197. The Labute approximate surface area is 116 Å². The molecule has 1 N–H and O–H groups in total. The predicted octanol–water partition coefficient (Wildman–Crippen LogP) is 2.03. The average molecular weight is 288 g/mol. The van der Waals surface area contributed by atoms with Crippen LogP contribution in [0.5, 0.6) is 0 Å². The molecule has 1 heterocycles. The second kappa shape index (κ2) is 7.83. The third kappa shape index (κ3) is 4.27. The van der Waals surface area contributed by atoms with Gasteiger partial charge in [-0.3, -0.25) is 0 Å². The summed E-state index contributed by atoms with van der Waals surface area (Å²) in [7, 11) is 1.63. The van der Waals surface area contributed by atoms with Gasteiger partial charge in [0.1, 0.15) is 5.82 Å². The monoisotopic (exact) mass is 287 g/mol. The molecule has 0 fully saturated rings. The summed E-state index contributed by atoms with van der Waals surface area (Å²) in [5.74, 6) is 0.318. The van der Waals surface area contributed by atoms with Crippen LogP contribution in [0, 0.1) is 5.82 Å². The maximum absolute atomic E-state index is 13.5. The molecule has 0 amide bonds. The predicted molar refractivity (Wildman–Crippen MR) is 70.5 cm³/mol. The van der Waals surface area contributed by atoms with Gasteiger partial charge in [0.2, 0.25) is 11.7 Å². The molecule has 0 unspecified atom stereocenters. The molecule has 2 rings (SSSR count). The van der Waals surface area contributed by atoms with Gasteiger partial charge >= 0.3 is 0 Å². The lowest BCUT2D eigenvalue weighted by Gasteiger charge is -1.98. The van der Waals surface area contributed by atoms with E-state index in [0.29, 0.717) is 31.2 Å². The number of methoxy groups -OCH3 is 1. The maximum Gasteiger partial charge on any atom is 0.240 e. The van der Waals surface area contributed by atoms with Crippen LogP contribution in [0.15, 0.2) is 28.8 Å². The van der Waals surface area contributed by atoms with Crippen molar-refractivity contribution in [1.29, 1.82) is 0 Å². The van der Waals surface area contributed by atoms with Crippen molar-refractivity contribution >= 4 is 12.4 Å². The van der Waals surface area contributed by atoms with Gasteiger partial charge in [0, 0.05) is 13.7 Å². The van der Waals surface area contributed by atoms with E-state index in [1.807, 2.05) is 0 Å².